The molecule has 2 rings (SSSR count). The van der Waals surface area contributed by atoms with Gasteiger partial charge in [0.1, 0.15) is 11.6 Å². The largest absolute Gasteiger partial charge is 0.496 e. The summed E-state index contributed by atoms with van der Waals surface area (Å²) in [6.07, 6.45) is 3.07. The van der Waals surface area contributed by atoms with Crippen LogP contribution in [0.5, 0.6) is 5.75 Å². The highest BCUT2D eigenvalue weighted by molar-refractivity contribution is 5.46. The van der Waals surface area contributed by atoms with Crippen molar-refractivity contribution in [3.05, 3.63) is 29.1 Å². The molecule has 1 fully saturated rings. The lowest BCUT2D eigenvalue weighted by atomic mass is 10.0. The standard InChI is InChI=1S/C12H12FNO2/c1-8-10(13)5-9(6-11(8)16-2)12(3-4-12)14-7-15/h5-6H,3-4H2,1-2H3. The van der Waals surface area contributed by atoms with Gasteiger partial charge in [-0.15, -0.1) is 0 Å². The second-order valence-electron chi connectivity index (χ2n) is 4.02. The van der Waals surface area contributed by atoms with E-state index in [1.54, 1.807) is 19.1 Å². The number of hydrogen-bond acceptors (Lipinski definition) is 3. The van der Waals surface area contributed by atoms with Gasteiger partial charge in [-0.05, 0) is 37.5 Å². The number of halogens is 1. The van der Waals surface area contributed by atoms with Crippen LogP contribution in [0.1, 0.15) is 24.0 Å². The van der Waals surface area contributed by atoms with Gasteiger partial charge in [0.2, 0.25) is 6.08 Å². The van der Waals surface area contributed by atoms with Gasteiger partial charge in [-0.3, -0.25) is 0 Å². The molecule has 16 heavy (non-hydrogen) atoms. The third-order valence-electron chi connectivity index (χ3n) is 3.04. The molecule has 1 saturated carbocycles. The van der Waals surface area contributed by atoms with Crippen LogP contribution in [0.3, 0.4) is 0 Å². The molecule has 0 N–H and O–H groups in total. The first-order chi connectivity index (χ1) is 7.63. The molecule has 3 nitrogen and oxygen atoms in total. The van der Waals surface area contributed by atoms with Gasteiger partial charge < -0.3 is 4.74 Å². The van der Waals surface area contributed by atoms with Gasteiger partial charge in [0, 0.05) is 5.56 Å². The summed E-state index contributed by atoms with van der Waals surface area (Å²) in [6.45, 7) is 1.65. The van der Waals surface area contributed by atoms with Crippen LogP contribution in [-0.4, -0.2) is 13.2 Å². The van der Waals surface area contributed by atoms with E-state index in [1.807, 2.05) is 0 Å². The van der Waals surface area contributed by atoms with Gasteiger partial charge in [-0.1, -0.05) is 0 Å². The Bertz CT molecular complexity index is 474. The number of isocyanates is 1. The van der Waals surface area contributed by atoms with Gasteiger partial charge in [0.25, 0.3) is 0 Å². The van der Waals surface area contributed by atoms with Crippen LogP contribution in [0.4, 0.5) is 4.39 Å². The lowest BCUT2D eigenvalue weighted by molar-refractivity contribution is 0.405. The number of hydrogen-bond donors (Lipinski definition) is 0. The first kappa shape index (κ1) is 10.8. The fourth-order valence-corrected chi connectivity index (χ4v) is 1.81. The molecule has 0 bridgehead atoms. The topological polar surface area (TPSA) is 38.7 Å². The molecule has 1 aromatic carbocycles. The van der Waals surface area contributed by atoms with Crippen molar-refractivity contribution in [3.63, 3.8) is 0 Å². The van der Waals surface area contributed by atoms with E-state index in [0.29, 0.717) is 16.9 Å². The van der Waals surface area contributed by atoms with Gasteiger partial charge >= 0.3 is 0 Å². The fraction of sp³-hybridized carbons (Fsp3) is 0.417. The molecular formula is C12H12FNO2. The summed E-state index contributed by atoms with van der Waals surface area (Å²) in [5.74, 6) is 0.157. The highest BCUT2D eigenvalue weighted by Crippen LogP contribution is 2.50. The maximum absolute atomic E-state index is 13.6. The smallest absolute Gasteiger partial charge is 0.235 e. The summed E-state index contributed by atoms with van der Waals surface area (Å²) < 4.78 is 18.7. The zero-order chi connectivity index (χ0) is 11.8. The highest BCUT2D eigenvalue weighted by atomic mass is 19.1. The molecule has 0 radical (unpaired) electrons. The van der Waals surface area contributed by atoms with Crippen LogP contribution in [0.25, 0.3) is 0 Å². The zero-order valence-electron chi connectivity index (χ0n) is 9.21. The predicted octanol–water partition coefficient (Wildman–Crippen LogP) is 2.47. The van der Waals surface area contributed by atoms with E-state index in [9.17, 15) is 9.18 Å². The summed E-state index contributed by atoms with van der Waals surface area (Å²) in [4.78, 5) is 14.1. The molecule has 0 aliphatic heterocycles. The van der Waals surface area contributed by atoms with Gasteiger partial charge in [0.15, 0.2) is 0 Å². The number of methoxy groups -OCH3 is 1. The van der Waals surface area contributed by atoms with Crippen molar-refractivity contribution in [2.24, 2.45) is 4.99 Å². The van der Waals surface area contributed by atoms with E-state index in [2.05, 4.69) is 4.99 Å². The van der Waals surface area contributed by atoms with E-state index >= 15 is 0 Å². The predicted molar refractivity (Wildman–Crippen MR) is 56.7 cm³/mol. The lowest BCUT2D eigenvalue weighted by Crippen LogP contribution is -2.04. The quantitative estimate of drug-likeness (QED) is 0.581. The molecule has 1 aliphatic carbocycles. The Morgan fingerprint density at radius 1 is 1.50 bits per heavy atom. The maximum Gasteiger partial charge on any atom is 0.235 e. The van der Waals surface area contributed by atoms with Gasteiger partial charge in [-0.2, -0.15) is 4.99 Å². The van der Waals surface area contributed by atoms with Gasteiger partial charge in [0.05, 0.1) is 12.6 Å². The number of rotatable bonds is 3. The highest BCUT2D eigenvalue weighted by Gasteiger charge is 2.45. The molecule has 0 saturated heterocycles. The minimum absolute atomic E-state index is 0.332. The summed E-state index contributed by atoms with van der Waals surface area (Å²) >= 11 is 0. The third kappa shape index (κ3) is 1.61. The minimum Gasteiger partial charge on any atom is -0.496 e. The number of ether oxygens (including phenoxy) is 1. The van der Waals surface area contributed by atoms with Crippen LogP contribution in [0.2, 0.25) is 0 Å². The lowest BCUT2D eigenvalue weighted by Gasteiger charge is -2.12. The van der Waals surface area contributed by atoms with E-state index in [-0.39, 0.29) is 5.82 Å². The van der Waals surface area contributed by atoms with E-state index in [1.165, 1.54) is 13.2 Å². The zero-order valence-corrected chi connectivity index (χ0v) is 9.21. The van der Waals surface area contributed by atoms with E-state index < -0.39 is 5.54 Å². The Kier molecular flexibility index (Phi) is 2.52. The van der Waals surface area contributed by atoms with E-state index in [0.717, 1.165) is 12.8 Å². The van der Waals surface area contributed by atoms with Crippen molar-refractivity contribution < 1.29 is 13.9 Å². The van der Waals surface area contributed by atoms with Crippen LogP contribution in [-0.2, 0) is 10.3 Å². The van der Waals surface area contributed by atoms with Crippen LogP contribution >= 0.6 is 0 Å². The van der Waals surface area contributed by atoms with Crippen LogP contribution in [0, 0.1) is 12.7 Å². The summed E-state index contributed by atoms with van der Waals surface area (Å²) in [6, 6.07) is 3.16. The van der Waals surface area contributed by atoms with E-state index in [4.69, 9.17) is 4.74 Å². The van der Waals surface area contributed by atoms with Crippen molar-refractivity contribution >= 4 is 6.08 Å². The number of nitrogens with zero attached hydrogens (tertiary/aromatic N) is 1. The average molecular weight is 221 g/mol. The Balaban J connectivity index is 2.51. The number of carbonyl (C=O) groups excluding carboxylic acids is 1. The third-order valence-corrected chi connectivity index (χ3v) is 3.04. The molecule has 0 aromatic heterocycles. The Morgan fingerprint density at radius 2 is 2.19 bits per heavy atom. The second-order valence-corrected chi connectivity index (χ2v) is 4.02. The second kappa shape index (κ2) is 3.72. The molecule has 0 amide bonds. The molecule has 0 heterocycles. The molecule has 0 unspecified atom stereocenters. The molecule has 84 valence electrons. The summed E-state index contributed by atoms with van der Waals surface area (Å²) in [5, 5.41) is 0. The van der Waals surface area contributed by atoms with Gasteiger partial charge in [-0.25, -0.2) is 9.18 Å². The Hall–Kier alpha value is -1.67. The molecule has 1 aromatic rings. The Labute approximate surface area is 93.0 Å². The molecule has 0 atom stereocenters. The van der Waals surface area contributed by atoms with Crippen LogP contribution in [0.15, 0.2) is 17.1 Å². The molecular weight excluding hydrogens is 209 g/mol. The number of aliphatic imine (C=N–C) groups is 1. The monoisotopic (exact) mass is 221 g/mol. The molecule has 1 aliphatic rings. The minimum atomic E-state index is -0.552. The van der Waals surface area contributed by atoms with Crippen molar-refractivity contribution in [2.45, 2.75) is 25.3 Å². The first-order valence-corrected chi connectivity index (χ1v) is 5.06. The summed E-state index contributed by atoms with van der Waals surface area (Å²) in [5.41, 5.74) is 0.608. The Morgan fingerprint density at radius 3 is 2.69 bits per heavy atom. The SMILES string of the molecule is COc1cc(C2(N=C=O)CC2)cc(F)c1C. The normalized spacial score (nSPS) is 16.4. The average Bonchev–Trinajstić information content (AvgIpc) is 3.03. The van der Waals surface area contributed by atoms with Crippen molar-refractivity contribution in [1.29, 1.82) is 0 Å². The summed E-state index contributed by atoms with van der Waals surface area (Å²) in [7, 11) is 1.49. The number of benzene rings is 1. The molecule has 0 spiro atoms. The fourth-order valence-electron chi connectivity index (χ4n) is 1.81. The first-order valence-electron chi connectivity index (χ1n) is 5.06. The van der Waals surface area contributed by atoms with Crippen molar-refractivity contribution in [1.82, 2.24) is 0 Å². The van der Waals surface area contributed by atoms with Crippen molar-refractivity contribution in [3.8, 4) is 5.75 Å². The molecule has 4 heteroatoms. The van der Waals surface area contributed by atoms with Crippen LogP contribution < -0.4 is 4.74 Å². The maximum atomic E-state index is 13.6. The van der Waals surface area contributed by atoms with Crippen molar-refractivity contribution in [2.75, 3.05) is 7.11 Å².